The van der Waals surface area contributed by atoms with Crippen LogP contribution in [0.25, 0.3) is 0 Å². The minimum Gasteiger partial charge on any atom is -0.368 e. The standard InChI is InChI=1S/C19H25N3O/c1-4-7-16(2)14-19(23-3)22-12-10-21(11-13-22)18-9-6-5-8-17(18)15-20/h4-9,19H,1,10-14H2,2-3H3/b16-7-. The van der Waals surface area contributed by atoms with E-state index in [2.05, 4.69) is 29.4 Å². The summed E-state index contributed by atoms with van der Waals surface area (Å²) in [6.45, 7) is 9.52. The molecular formula is C19H25N3O. The van der Waals surface area contributed by atoms with Gasteiger partial charge in [0.1, 0.15) is 12.3 Å². The summed E-state index contributed by atoms with van der Waals surface area (Å²) in [6.07, 6.45) is 4.83. The highest BCUT2D eigenvalue weighted by molar-refractivity contribution is 5.59. The minimum atomic E-state index is 0.0968. The summed E-state index contributed by atoms with van der Waals surface area (Å²) in [7, 11) is 1.77. The van der Waals surface area contributed by atoms with E-state index in [4.69, 9.17) is 4.74 Å². The lowest BCUT2D eigenvalue weighted by Crippen LogP contribution is -2.51. The number of piperazine rings is 1. The summed E-state index contributed by atoms with van der Waals surface area (Å²) in [4.78, 5) is 4.65. The van der Waals surface area contributed by atoms with E-state index in [1.165, 1.54) is 5.57 Å². The van der Waals surface area contributed by atoms with Gasteiger partial charge in [-0.05, 0) is 19.1 Å². The van der Waals surface area contributed by atoms with Crippen LogP contribution in [0.3, 0.4) is 0 Å². The maximum atomic E-state index is 9.26. The number of rotatable bonds is 6. The van der Waals surface area contributed by atoms with E-state index in [0.29, 0.717) is 0 Å². The molecule has 1 unspecified atom stereocenters. The largest absolute Gasteiger partial charge is 0.368 e. The van der Waals surface area contributed by atoms with E-state index in [9.17, 15) is 5.26 Å². The van der Waals surface area contributed by atoms with Crippen LogP contribution in [0.5, 0.6) is 0 Å². The highest BCUT2D eigenvalue weighted by Gasteiger charge is 2.24. The van der Waals surface area contributed by atoms with Gasteiger partial charge in [-0.1, -0.05) is 36.4 Å². The molecule has 1 heterocycles. The first-order valence-electron chi connectivity index (χ1n) is 7.98. The molecule has 23 heavy (non-hydrogen) atoms. The Bertz CT molecular complexity index is 595. The first kappa shape index (κ1) is 17.3. The predicted octanol–water partition coefficient (Wildman–Crippen LogP) is 3.18. The lowest BCUT2D eigenvalue weighted by atomic mass is 10.1. The fourth-order valence-corrected chi connectivity index (χ4v) is 3.00. The number of nitrogens with zero attached hydrogens (tertiary/aromatic N) is 3. The zero-order chi connectivity index (χ0) is 16.7. The van der Waals surface area contributed by atoms with E-state index in [-0.39, 0.29) is 6.23 Å². The van der Waals surface area contributed by atoms with Crippen molar-refractivity contribution in [1.29, 1.82) is 5.26 Å². The van der Waals surface area contributed by atoms with Gasteiger partial charge in [-0.25, -0.2) is 0 Å². The van der Waals surface area contributed by atoms with Gasteiger partial charge in [0.05, 0.1) is 11.3 Å². The van der Waals surface area contributed by atoms with Gasteiger partial charge in [0, 0.05) is 39.7 Å². The number of methoxy groups -OCH3 is 1. The molecule has 4 nitrogen and oxygen atoms in total. The summed E-state index contributed by atoms with van der Waals surface area (Å²) in [5.41, 5.74) is 3.05. The fraction of sp³-hybridized carbons (Fsp3) is 0.421. The van der Waals surface area contributed by atoms with E-state index >= 15 is 0 Å². The zero-order valence-electron chi connectivity index (χ0n) is 14.0. The van der Waals surface area contributed by atoms with Crippen molar-refractivity contribution in [3.8, 4) is 6.07 Å². The van der Waals surface area contributed by atoms with Crippen molar-refractivity contribution in [2.75, 3.05) is 38.2 Å². The topological polar surface area (TPSA) is 39.5 Å². The Kier molecular flexibility index (Phi) is 6.40. The number of anilines is 1. The van der Waals surface area contributed by atoms with Crippen LogP contribution in [0.15, 0.2) is 48.6 Å². The Morgan fingerprint density at radius 3 is 2.65 bits per heavy atom. The Balaban J connectivity index is 1.98. The lowest BCUT2D eigenvalue weighted by Gasteiger charge is -2.40. The molecule has 0 aliphatic carbocycles. The second kappa shape index (κ2) is 8.52. The van der Waals surface area contributed by atoms with Crippen LogP contribution in [-0.4, -0.2) is 44.4 Å². The van der Waals surface area contributed by atoms with Crippen LogP contribution in [0.1, 0.15) is 18.9 Å². The van der Waals surface area contributed by atoms with Crippen LogP contribution in [-0.2, 0) is 4.74 Å². The third-order valence-electron chi connectivity index (χ3n) is 4.26. The van der Waals surface area contributed by atoms with Gasteiger partial charge >= 0.3 is 0 Å². The molecular weight excluding hydrogens is 286 g/mol. The predicted molar refractivity (Wildman–Crippen MR) is 94.3 cm³/mol. The van der Waals surface area contributed by atoms with Gasteiger partial charge in [0.25, 0.3) is 0 Å². The molecule has 1 fully saturated rings. The molecule has 0 amide bonds. The number of allylic oxidation sites excluding steroid dienone is 2. The molecule has 1 aliphatic heterocycles. The molecule has 0 saturated carbocycles. The summed E-state index contributed by atoms with van der Waals surface area (Å²) >= 11 is 0. The maximum Gasteiger partial charge on any atom is 0.114 e. The van der Waals surface area contributed by atoms with Gasteiger partial charge in [-0.15, -0.1) is 0 Å². The molecule has 122 valence electrons. The molecule has 0 radical (unpaired) electrons. The summed E-state index contributed by atoms with van der Waals surface area (Å²) in [6, 6.07) is 10.1. The van der Waals surface area contributed by atoms with E-state index in [0.717, 1.165) is 43.9 Å². The highest BCUT2D eigenvalue weighted by atomic mass is 16.5. The molecule has 0 spiro atoms. The SMILES string of the molecule is C=C/C=C(/C)CC(OC)N1CCN(c2ccccc2C#N)CC1. The molecule has 1 saturated heterocycles. The number of ether oxygens (including phenoxy) is 1. The van der Waals surface area contributed by atoms with Gasteiger partial charge in [-0.3, -0.25) is 4.90 Å². The Labute approximate surface area is 139 Å². The monoisotopic (exact) mass is 311 g/mol. The average Bonchev–Trinajstić information content (AvgIpc) is 2.60. The Morgan fingerprint density at radius 2 is 2.04 bits per heavy atom. The van der Waals surface area contributed by atoms with Gasteiger partial charge in [0.15, 0.2) is 0 Å². The summed E-state index contributed by atoms with van der Waals surface area (Å²) in [5.74, 6) is 0. The van der Waals surface area contributed by atoms with E-state index in [1.807, 2.05) is 36.4 Å². The van der Waals surface area contributed by atoms with Gasteiger partial charge in [-0.2, -0.15) is 5.26 Å². The van der Waals surface area contributed by atoms with Gasteiger partial charge < -0.3 is 9.64 Å². The first-order valence-corrected chi connectivity index (χ1v) is 7.98. The Hall–Kier alpha value is -2.09. The van der Waals surface area contributed by atoms with Gasteiger partial charge in [0.2, 0.25) is 0 Å². The van der Waals surface area contributed by atoms with Crippen LogP contribution >= 0.6 is 0 Å². The number of nitriles is 1. The average molecular weight is 311 g/mol. The van der Waals surface area contributed by atoms with Crippen LogP contribution in [0.2, 0.25) is 0 Å². The lowest BCUT2D eigenvalue weighted by molar-refractivity contribution is -0.0339. The second-order valence-corrected chi connectivity index (χ2v) is 5.80. The van der Waals surface area contributed by atoms with Crippen LogP contribution in [0, 0.1) is 11.3 Å². The van der Waals surface area contributed by atoms with Crippen LogP contribution in [0.4, 0.5) is 5.69 Å². The Morgan fingerprint density at radius 1 is 1.35 bits per heavy atom. The third kappa shape index (κ3) is 4.44. The third-order valence-corrected chi connectivity index (χ3v) is 4.26. The van der Waals surface area contributed by atoms with Crippen LogP contribution < -0.4 is 4.90 Å². The molecule has 1 aromatic rings. The number of para-hydroxylation sites is 1. The first-order chi connectivity index (χ1) is 11.2. The molecule has 0 N–H and O–H groups in total. The van der Waals surface area contributed by atoms with E-state index < -0.39 is 0 Å². The number of hydrogen-bond acceptors (Lipinski definition) is 4. The van der Waals surface area contributed by atoms with Crippen molar-refractivity contribution in [3.63, 3.8) is 0 Å². The highest BCUT2D eigenvalue weighted by Crippen LogP contribution is 2.22. The van der Waals surface area contributed by atoms with Crippen molar-refractivity contribution in [1.82, 2.24) is 4.90 Å². The molecule has 2 rings (SSSR count). The molecule has 1 atom stereocenters. The summed E-state index contributed by atoms with van der Waals surface area (Å²) in [5, 5.41) is 9.26. The van der Waals surface area contributed by atoms with Crippen molar-refractivity contribution in [3.05, 3.63) is 54.1 Å². The van der Waals surface area contributed by atoms with Crippen molar-refractivity contribution < 1.29 is 4.74 Å². The van der Waals surface area contributed by atoms with Crippen molar-refractivity contribution in [2.45, 2.75) is 19.6 Å². The second-order valence-electron chi connectivity index (χ2n) is 5.80. The minimum absolute atomic E-state index is 0.0968. The molecule has 0 bridgehead atoms. The molecule has 4 heteroatoms. The molecule has 1 aliphatic rings. The smallest absolute Gasteiger partial charge is 0.114 e. The number of benzene rings is 1. The van der Waals surface area contributed by atoms with Crippen molar-refractivity contribution >= 4 is 5.69 Å². The van der Waals surface area contributed by atoms with E-state index in [1.54, 1.807) is 7.11 Å². The molecule has 0 aromatic heterocycles. The normalized spacial score (nSPS) is 17.6. The quantitative estimate of drug-likeness (QED) is 0.757. The number of hydrogen-bond donors (Lipinski definition) is 0. The zero-order valence-corrected chi connectivity index (χ0v) is 14.0. The summed E-state index contributed by atoms with van der Waals surface area (Å²) < 4.78 is 5.67. The molecule has 1 aromatic carbocycles. The maximum absolute atomic E-state index is 9.26. The fourth-order valence-electron chi connectivity index (χ4n) is 3.00. The van der Waals surface area contributed by atoms with Crippen molar-refractivity contribution in [2.24, 2.45) is 0 Å².